The first kappa shape index (κ1) is 16.2. The van der Waals surface area contributed by atoms with Gasteiger partial charge in [0.1, 0.15) is 11.9 Å². The lowest BCUT2D eigenvalue weighted by molar-refractivity contribution is -0.130. The molecule has 1 fully saturated rings. The van der Waals surface area contributed by atoms with Gasteiger partial charge in [-0.3, -0.25) is 14.2 Å². The molecule has 3 heterocycles. The molecule has 0 spiro atoms. The van der Waals surface area contributed by atoms with Crippen molar-refractivity contribution in [1.82, 2.24) is 18.8 Å². The van der Waals surface area contributed by atoms with Crippen LogP contribution in [-0.4, -0.2) is 37.8 Å². The van der Waals surface area contributed by atoms with Gasteiger partial charge in [-0.15, -0.1) is 0 Å². The average Bonchev–Trinajstić information content (AvgIpc) is 3.28. The summed E-state index contributed by atoms with van der Waals surface area (Å²) in [6.07, 6.45) is 3.47. The molecule has 6 nitrogen and oxygen atoms in total. The second-order valence-corrected chi connectivity index (χ2v) is 7.17. The normalized spacial score (nSPS) is 14.4. The Hall–Kier alpha value is -2.25. The third-order valence-electron chi connectivity index (χ3n) is 4.35. The second kappa shape index (κ2) is 6.57. The largest absolute Gasteiger partial charge is 0.341 e. The summed E-state index contributed by atoms with van der Waals surface area (Å²) in [5.41, 5.74) is 1.14. The highest BCUT2D eigenvalue weighted by Crippen LogP contribution is 2.28. The van der Waals surface area contributed by atoms with Crippen LogP contribution in [0.15, 0.2) is 35.4 Å². The number of amides is 1. The minimum atomic E-state index is -0.240. The van der Waals surface area contributed by atoms with Crippen LogP contribution in [0, 0.1) is 0 Å². The molecule has 8 heteroatoms. The smallest absolute Gasteiger partial charge is 0.264 e. The van der Waals surface area contributed by atoms with Gasteiger partial charge >= 0.3 is 0 Å². The van der Waals surface area contributed by atoms with Crippen molar-refractivity contribution in [2.45, 2.75) is 19.4 Å². The molecule has 1 saturated heterocycles. The van der Waals surface area contributed by atoms with Crippen molar-refractivity contribution in [3.63, 3.8) is 0 Å². The summed E-state index contributed by atoms with van der Waals surface area (Å²) in [6.45, 7) is 1.54. The third kappa shape index (κ3) is 3.05. The zero-order valence-electron chi connectivity index (χ0n) is 13.3. The lowest BCUT2D eigenvalue weighted by Gasteiger charge is -2.15. The van der Waals surface area contributed by atoms with Crippen LogP contribution >= 0.6 is 23.1 Å². The van der Waals surface area contributed by atoms with Gasteiger partial charge in [-0.25, -0.2) is 4.98 Å². The lowest BCUT2D eigenvalue weighted by Crippen LogP contribution is -2.34. The molecule has 0 saturated carbocycles. The van der Waals surface area contributed by atoms with E-state index in [2.05, 4.69) is 9.36 Å². The highest BCUT2D eigenvalue weighted by atomic mass is 35.5. The molecule has 0 bridgehead atoms. The van der Waals surface area contributed by atoms with E-state index < -0.39 is 0 Å². The predicted octanol–water partition coefficient (Wildman–Crippen LogP) is 2.80. The van der Waals surface area contributed by atoms with Gasteiger partial charge in [0, 0.05) is 23.7 Å². The Bertz CT molecular complexity index is 990. The van der Waals surface area contributed by atoms with Crippen molar-refractivity contribution < 1.29 is 4.79 Å². The molecule has 1 aliphatic rings. The fraction of sp³-hybridized carbons (Fsp3) is 0.294. The monoisotopic (exact) mass is 374 g/mol. The zero-order valence-corrected chi connectivity index (χ0v) is 14.9. The van der Waals surface area contributed by atoms with E-state index in [4.69, 9.17) is 11.6 Å². The predicted molar refractivity (Wildman–Crippen MR) is 97.9 cm³/mol. The van der Waals surface area contributed by atoms with Crippen LogP contribution in [0.5, 0.6) is 0 Å². The summed E-state index contributed by atoms with van der Waals surface area (Å²) in [5.74, 6) is -0.0445. The van der Waals surface area contributed by atoms with Crippen LogP contribution < -0.4 is 5.56 Å². The first-order valence-corrected chi connectivity index (χ1v) is 9.17. The fourth-order valence-electron chi connectivity index (χ4n) is 3.01. The van der Waals surface area contributed by atoms with Gasteiger partial charge in [-0.1, -0.05) is 23.7 Å². The van der Waals surface area contributed by atoms with E-state index in [9.17, 15) is 9.59 Å². The number of hydrogen-bond acceptors (Lipinski definition) is 5. The van der Waals surface area contributed by atoms with Crippen molar-refractivity contribution in [2.75, 3.05) is 13.1 Å². The molecular weight excluding hydrogens is 360 g/mol. The van der Waals surface area contributed by atoms with Crippen molar-refractivity contribution in [3.05, 3.63) is 46.0 Å². The summed E-state index contributed by atoms with van der Waals surface area (Å²) in [6, 6.07) is 7.16. The number of halogens is 1. The molecular formula is C17H15ClN4O2S. The van der Waals surface area contributed by atoms with Crippen LogP contribution in [0.4, 0.5) is 0 Å². The van der Waals surface area contributed by atoms with E-state index in [1.807, 2.05) is 12.1 Å². The summed E-state index contributed by atoms with van der Waals surface area (Å²) in [4.78, 5) is 31.9. The Kier molecular flexibility index (Phi) is 4.27. The molecule has 1 aliphatic heterocycles. The summed E-state index contributed by atoms with van der Waals surface area (Å²) < 4.78 is 5.75. The molecule has 1 amide bonds. The molecule has 128 valence electrons. The Morgan fingerprint density at radius 2 is 1.92 bits per heavy atom. The number of nitrogens with zero attached hydrogens (tertiary/aromatic N) is 4. The van der Waals surface area contributed by atoms with Crippen LogP contribution in [-0.2, 0) is 11.3 Å². The molecule has 0 aliphatic carbocycles. The molecule has 2 aromatic heterocycles. The molecule has 0 atom stereocenters. The van der Waals surface area contributed by atoms with Gasteiger partial charge in [0.25, 0.3) is 5.56 Å². The number of benzene rings is 1. The number of hydrogen-bond donors (Lipinski definition) is 0. The number of carbonyl (C=O) groups is 1. The Morgan fingerprint density at radius 1 is 1.20 bits per heavy atom. The average molecular weight is 375 g/mol. The van der Waals surface area contributed by atoms with Crippen LogP contribution in [0.25, 0.3) is 21.5 Å². The van der Waals surface area contributed by atoms with Gasteiger partial charge in [0.15, 0.2) is 4.83 Å². The Morgan fingerprint density at radius 3 is 2.64 bits per heavy atom. The summed E-state index contributed by atoms with van der Waals surface area (Å²) in [5, 5.41) is 1.07. The van der Waals surface area contributed by atoms with Gasteiger partial charge in [-0.2, -0.15) is 4.37 Å². The quantitative estimate of drug-likeness (QED) is 0.707. The molecule has 0 N–H and O–H groups in total. The molecule has 0 radical (unpaired) electrons. The van der Waals surface area contributed by atoms with Crippen LogP contribution in [0.3, 0.4) is 0 Å². The topological polar surface area (TPSA) is 68.1 Å². The van der Waals surface area contributed by atoms with Crippen LogP contribution in [0.1, 0.15) is 12.8 Å². The van der Waals surface area contributed by atoms with E-state index in [0.29, 0.717) is 20.9 Å². The first-order valence-electron chi connectivity index (χ1n) is 8.02. The van der Waals surface area contributed by atoms with Crippen molar-refractivity contribution >= 4 is 39.3 Å². The van der Waals surface area contributed by atoms with Gasteiger partial charge in [-0.05, 0) is 36.5 Å². The van der Waals surface area contributed by atoms with Crippen molar-refractivity contribution in [3.8, 4) is 11.3 Å². The van der Waals surface area contributed by atoms with Gasteiger partial charge in [0.2, 0.25) is 5.91 Å². The highest BCUT2D eigenvalue weighted by Gasteiger charge is 2.20. The number of fused-ring (bicyclic) bond motifs is 1. The first-order chi connectivity index (χ1) is 12.1. The molecule has 3 aromatic rings. The van der Waals surface area contributed by atoms with E-state index >= 15 is 0 Å². The Labute approximate surface area is 152 Å². The van der Waals surface area contributed by atoms with E-state index in [1.54, 1.807) is 17.0 Å². The zero-order chi connectivity index (χ0) is 17.4. The van der Waals surface area contributed by atoms with E-state index in [-0.39, 0.29) is 18.0 Å². The maximum Gasteiger partial charge on any atom is 0.264 e. The fourth-order valence-corrected chi connectivity index (χ4v) is 3.88. The number of carbonyl (C=O) groups excluding carboxylic acids is 1. The summed E-state index contributed by atoms with van der Waals surface area (Å²) in [7, 11) is 0. The standard InChI is InChI=1S/C17H15ClN4O2S/c18-12-5-3-11(4-6-12)15-14-16(25-20-15)19-10-22(17(14)24)9-13(23)21-7-1-2-8-21/h3-6,10H,1-2,7-9H2. The maximum absolute atomic E-state index is 12.9. The molecule has 4 rings (SSSR count). The van der Waals surface area contributed by atoms with Gasteiger partial charge < -0.3 is 4.90 Å². The number of likely N-dealkylation sites (tertiary alicyclic amines) is 1. The lowest BCUT2D eigenvalue weighted by atomic mass is 10.1. The van der Waals surface area contributed by atoms with Crippen LogP contribution in [0.2, 0.25) is 5.02 Å². The van der Waals surface area contributed by atoms with E-state index in [0.717, 1.165) is 31.5 Å². The number of rotatable bonds is 3. The number of aromatic nitrogens is 3. The van der Waals surface area contributed by atoms with Crippen molar-refractivity contribution in [2.24, 2.45) is 0 Å². The molecule has 0 unspecified atom stereocenters. The molecule has 1 aromatic carbocycles. The minimum absolute atomic E-state index is 0.0116. The minimum Gasteiger partial charge on any atom is -0.341 e. The Balaban J connectivity index is 1.74. The SMILES string of the molecule is O=C(Cn1cnc2snc(-c3ccc(Cl)cc3)c2c1=O)N1CCCC1. The highest BCUT2D eigenvalue weighted by molar-refractivity contribution is 7.13. The maximum atomic E-state index is 12.9. The third-order valence-corrected chi connectivity index (χ3v) is 5.35. The van der Waals surface area contributed by atoms with Gasteiger partial charge in [0.05, 0.1) is 12.0 Å². The van der Waals surface area contributed by atoms with Crippen molar-refractivity contribution in [1.29, 1.82) is 0 Å². The summed E-state index contributed by atoms with van der Waals surface area (Å²) >= 11 is 7.11. The molecule has 25 heavy (non-hydrogen) atoms. The van der Waals surface area contributed by atoms with E-state index in [1.165, 1.54) is 22.4 Å². The second-order valence-electron chi connectivity index (χ2n) is 5.98.